The molecule has 0 aliphatic carbocycles. The number of benzene rings is 2. The number of rotatable bonds is 6. The van der Waals surface area contributed by atoms with Crippen LogP contribution in [0.1, 0.15) is 11.1 Å². The number of anilines is 1. The lowest BCUT2D eigenvalue weighted by atomic mass is 10.2. The third-order valence-electron chi connectivity index (χ3n) is 2.98. The molecule has 0 radical (unpaired) electrons. The number of thioether (sulfide) groups is 1. The molecule has 0 aliphatic heterocycles. The molecule has 24 heavy (non-hydrogen) atoms. The van der Waals surface area contributed by atoms with Crippen LogP contribution >= 0.6 is 23.4 Å². The standard InChI is InChI=1S/C16H14ClF3N2OS/c17-12-7-5-11(6-8-12)9-24-10-15(23)22-21-14-4-2-1-3-13(14)16(18,19)20/h1-8,21H,9-10H2,(H,22,23). The molecule has 0 saturated carbocycles. The van der Waals surface area contributed by atoms with Gasteiger partial charge in [-0.15, -0.1) is 11.8 Å². The monoisotopic (exact) mass is 374 g/mol. The minimum absolute atomic E-state index is 0.115. The Morgan fingerprint density at radius 2 is 1.75 bits per heavy atom. The van der Waals surface area contributed by atoms with Gasteiger partial charge in [0.05, 0.1) is 17.0 Å². The molecule has 0 heterocycles. The fraction of sp³-hybridized carbons (Fsp3) is 0.188. The van der Waals surface area contributed by atoms with Crippen LogP contribution in [0, 0.1) is 0 Å². The van der Waals surface area contributed by atoms with Gasteiger partial charge >= 0.3 is 6.18 Å². The largest absolute Gasteiger partial charge is 0.418 e. The van der Waals surface area contributed by atoms with Gasteiger partial charge < -0.3 is 0 Å². The molecular formula is C16H14ClF3N2OS. The first kappa shape index (κ1) is 18.5. The summed E-state index contributed by atoms with van der Waals surface area (Å²) in [4.78, 5) is 11.7. The number of hydrazine groups is 1. The van der Waals surface area contributed by atoms with Crippen molar-refractivity contribution in [2.75, 3.05) is 11.2 Å². The van der Waals surface area contributed by atoms with E-state index in [-0.39, 0.29) is 11.4 Å². The number of carbonyl (C=O) groups excluding carboxylic acids is 1. The van der Waals surface area contributed by atoms with Gasteiger partial charge in [0.25, 0.3) is 0 Å². The Morgan fingerprint density at radius 1 is 1.08 bits per heavy atom. The fourth-order valence-electron chi connectivity index (χ4n) is 1.85. The molecule has 3 nitrogen and oxygen atoms in total. The molecule has 0 fully saturated rings. The van der Waals surface area contributed by atoms with Gasteiger partial charge in [-0.05, 0) is 29.8 Å². The number of amides is 1. The molecule has 0 atom stereocenters. The van der Waals surface area contributed by atoms with Gasteiger partial charge in [0.1, 0.15) is 0 Å². The number of hydrogen-bond acceptors (Lipinski definition) is 3. The highest BCUT2D eigenvalue weighted by atomic mass is 35.5. The lowest BCUT2D eigenvalue weighted by molar-refractivity contribution is -0.137. The summed E-state index contributed by atoms with van der Waals surface area (Å²) in [5, 5.41) is 0.633. The van der Waals surface area contributed by atoms with Gasteiger partial charge in [-0.25, -0.2) is 0 Å². The van der Waals surface area contributed by atoms with Crippen LogP contribution in [0.2, 0.25) is 5.02 Å². The Labute approximate surface area is 146 Å². The summed E-state index contributed by atoms with van der Waals surface area (Å²) < 4.78 is 38.5. The number of halogens is 4. The average Bonchev–Trinajstić information content (AvgIpc) is 2.54. The predicted octanol–water partition coefficient (Wildman–Crippen LogP) is 4.74. The minimum Gasteiger partial charge on any atom is -0.298 e. The Morgan fingerprint density at radius 3 is 2.42 bits per heavy atom. The number of hydrogen-bond donors (Lipinski definition) is 2. The van der Waals surface area contributed by atoms with Gasteiger partial charge in [0, 0.05) is 10.8 Å². The van der Waals surface area contributed by atoms with Gasteiger partial charge in [0.15, 0.2) is 0 Å². The number of carbonyl (C=O) groups is 1. The quantitative estimate of drug-likeness (QED) is 0.718. The van der Waals surface area contributed by atoms with Crippen molar-refractivity contribution in [2.45, 2.75) is 11.9 Å². The van der Waals surface area contributed by atoms with Crippen molar-refractivity contribution >= 4 is 35.0 Å². The van der Waals surface area contributed by atoms with E-state index in [1.807, 2.05) is 12.1 Å². The number of para-hydroxylation sites is 1. The Hall–Kier alpha value is -1.86. The highest BCUT2D eigenvalue weighted by molar-refractivity contribution is 7.99. The first-order valence-corrected chi connectivity index (χ1v) is 8.43. The van der Waals surface area contributed by atoms with E-state index < -0.39 is 17.6 Å². The van der Waals surface area contributed by atoms with Crippen molar-refractivity contribution in [3.8, 4) is 0 Å². The molecule has 128 valence electrons. The molecule has 1 amide bonds. The van der Waals surface area contributed by atoms with Crippen LogP contribution in [0.25, 0.3) is 0 Å². The summed E-state index contributed by atoms with van der Waals surface area (Å²) in [5.74, 6) is 0.305. The second kappa shape index (κ2) is 8.30. The molecule has 0 spiro atoms. The van der Waals surface area contributed by atoms with E-state index in [4.69, 9.17) is 11.6 Å². The highest BCUT2D eigenvalue weighted by Gasteiger charge is 2.33. The van der Waals surface area contributed by atoms with Crippen LogP contribution in [0.4, 0.5) is 18.9 Å². The van der Waals surface area contributed by atoms with Crippen molar-refractivity contribution in [2.24, 2.45) is 0 Å². The van der Waals surface area contributed by atoms with Crippen LogP contribution in [-0.4, -0.2) is 11.7 Å². The van der Waals surface area contributed by atoms with Gasteiger partial charge in [-0.2, -0.15) is 13.2 Å². The Kier molecular flexibility index (Phi) is 6.39. The zero-order chi connectivity index (χ0) is 17.6. The van der Waals surface area contributed by atoms with E-state index in [0.717, 1.165) is 11.6 Å². The smallest absolute Gasteiger partial charge is 0.298 e. The minimum atomic E-state index is -4.49. The van der Waals surface area contributed by atoms with E-state index in [9.17, 15) is 18.0 Å². The summed E-state index contributed by atoms with van der Waals surface area (Å²) in [6.45, 7) is 0. The van der Waals surface area contributed by atoms with E-state index in [2.05, 4.69) is 10.9 Å². The van der Waals surface area contributed by atoms with Crippen LogP contribution < -0.4 is 10.9 Å². The lowest BCUT2D eigenvalue weighted by Gasteiger charge is -2.14. The molecule has 2 aromatic carbocycles. The Balaban J connectivity index is 1.80. The molecule has 8 heteroatoms. The molecule has 0 bridgehead atoms. The molecule has 2 N–H and O–H groups in total. The van der Waals surface area contributed by atoms with Crippen LogP contribution in [-0.2, 0) is 16.7 Å². The van der Waals surface area contributed by atoms with E-state index in [1.54, 1.807) is 12.1 Å². The second-order valence-electron chi connectivity index (χ2n) is 4.84. The molecule has 0 aromatic heterocycles. The van der Waals surface area contributed by atoms with Crippen molar-refractivity contribution in [1.29, 1.82) is 0 Å². The summed E-state index contributed by atoms with van der Waals surface area (Å²) in [7, 11) is 0. The van der Waals surface area contributed by atoms with Crippen molar-refractivity contribution in [3.63, 3.8) is 0 Å². The van der Waals surface area contributed by atoms with E-state index >= 15 is 0 Å². The third kappa shape index (κ3) is 5.65. The van der Waals surface area contributed by atoms with E-state index in [0.29, 0.717) is 10.8 Å². The maximum atomic E-state index is 12.8. The molecule has 0 unspecified atom stereocenters. The molecule has 2 aromatic rings. The SMILES string of the molecule is O=C(CSCc1ccc(Cl)cc1)NNc1ccccc1C(F)(F)F. The lowest BCUT2D eigenvalue weighted by Crippen LogP contribution is -2.31. The van der Waals surface area contributed by atoms with Crippen molar-refractivity contribution in [1.82, 2.24) is 5.43 Å². The maximum Gasteiger partial charge on any atom is 0.418 e. The fourth-order valence-corrected chi connectivity index (χ4v) is 2.77. The summed E-state index contributed by atoms with van der Waals surface area (Å²) in [6, 6.07) is 12.2. The maximum absolute atomic E-state index is 12.8. The van der Waals surface area contributed by atoms with Crippen LogP contribution in [0.5, 0.6) is 0 Å². The molecule has 0 aliphatic rings. The van der Waals surface area contributed by atoms with Crippen molar-refractivity contribution < 1.29 is 18.0 Å². The first-order valence-electron chi connectivity index (χ1n) is 6.89. The first-order chi connectivity index (χ1) is 11.4. The molecular weight excluding hydrogens is 361 g/mol. The average molecular weight is 375 g/mol. The zero-order valence-electron chi connectivity index (χ0n) is 12.4. The van der Waals surface area contributed by atoms with Crippen LogP contribution in [0.3, 0.4) is 0 Å². The molecule has 0 saturated heterocycles. The Bertz CT molecular complexity index is 692. The van der Waals surface area contributed by atoms with Gasteiger partial charge in [-0.1, -0.05) is 35.9 Å². The van der Waals surface area contributed by atoms with Gasteiger partial charge in [0.2, 0.25) is 5.91 Å². The molecule has 2 rings (SSSR count). The van der Waals surface area contributed by atoms with E-state index in [1.165, 1.54) is 30.0 Å². The normalized spacial score (nSPS) is 11.2. The summed E-state index contributed by atoms with van der Waals surface area (Å²) in [5.41, 5.74) is 4.58. The number of alkyl halides is 3. The van der Waals surface area contributed by atoms with Crippen molar-refractivity contribution in [3.05, 3.63) is 64.7 Å². The van der Waals surface area contributed by atoms with Gasteiger partial charge in [-0.3, -0.25) is 15.6 Å². The second-order valence-corrected chi connectivity index (χ2v) is 6.26. The highest BCUT2D eigenvalue weighted by Crippen LogP contribution is 2.34. The summed E-state index contributed by atoms with van der Waals surface area (Å²) in [6.07, 6.45) is -4.49. The third-order valence-corrected chi connectivity index (χ3v) is 4.24. The summed E-state index contributed by atoms with van der Waals surface area (Å²) >= 11 is 7.13. The zero-order valence-corrected chi connectivity index (χ0v) is 13.9. The van der Waals surface area contributed by atoms with Crippen LogP contribution in [0.15, 0.2) is 48.5 Å². The predicted molar refractivity (Wildman–Crippen MR) is 90.8 cm³/mol. The number of nitrogens with one attached hydrogen (secondary N) is 2. The topological polar surface area (TPSA) is 41.1 Å².